The summed E-state index contributed by atoms with van der Waals surface area (Å²) in [6.45, 7) is 0. The lowest BCUT2D eigenvalue weighted by Crippen LogP contribution is -2.13. The number of nitrogens with zero attached hydrogens (tertiary/aromatic N) is 1. The molecule has 0 spiro atoms. The zero-order valence-corrected chi connectivity index (χ0v) is 10.8. The smallest absolute Gasteiger partial charge is 0.260 e. The standard InChI is InChI=1S/C13H12FN3OS/c14-10-5-8(15)3-4-9(10)12(18)17-13-16-11(6-19-13)7-1-2-7/h3-7H,1-2,15H2,(H,16,17,18). The lowest BCUT2D eigenvalue weighted by molar-refractivity contribution is 0.102. The minimum absolute atomic E-state index is 0.0302. The SMILES string of the molecule is Nc1ccc(C(=O)Nc2nc(C3CC3)cs2)c(F)c1. The molecule has 0 saturated heterocycles. The first kappa shape index (κ1) is 12.1. The average Bonchev–Trinajstić information content (AvgIpc) is 3.10. The van der Waals surface area contributed by atoms with Crippen molar-refractivity contribution in [3.05, 3.63) is 40.7 Å². The number of nitrogens with two attached hydrogens (primary N) is 1. The Morgan fingerprint density at radius 2 is 2.26 bits per heavy atom. The lowest BCUT2D eigenvalue weighted by atomic mass is 10.2. The van der Waals surface area contributed by atoms with E-state index in [0.29, 0.717) is 16.7 Å². The first-order valence-electron chi connectivity index (χ1n) is 5.95. The number of hydrogen-bond donors (Lipinski definition) is 2. The maximum atomic E-state index is 13.6. The Hall–Kier alpha value is -1.95. The normalized spacial score (nSPS) is 14.4. The number of carbonyl (C=O) groups excluding carboxylic acids is 1. The number of carbonyl (C=O) groups is 1. The van der Waals surface area contributed by atoms with Gasteiger partial charge in [0.05, 0.1) is 11.3 Å². The summed E-state index contributed by atoms with van der Waals surface area (Å²) in [5, 5.41) is 5.05. The van der Waals surface area contributed by atoms with E-state index in [4.69, 9.17) is 5.73 Å². The molecule has 2 aromatic rings. The molecule has 1 heterocycles. The highest BCUT2D eigenvalue weighted by molar-refractivity contribution is 7.14. The molecular weight excluding hydrogens is 265 g/mol. The Morgan fingerprint density at radius 1 is 1.47 bits per heavy atom. The van der Waals surface area contributed by atoms with Gasteiger partial charge in [-0.05, 0) is 31.0 Å². The van der Waals surface area contributed by atoms with Gasteiger partial charge < -0.3 is 5.73 Å². The summed E-state index contributed by atoms with van der Waals surface area (Å²) in [5.41, 5.74) is 6.71. The molecule has 6 heteroatoms. The van der Waals surface area contributed by atoms with Gasteiger partial charge in [-0.2, -0.15) is 0 Å². The molecule has 0 bridgehead atoms. The molecule has 4 nitrogen and oxygen atoms in total. The molecular formula is C13H12FN3OS. The topological polar surface area (TPSA) is 68.0 Å². The number of thiazole rings is 1. The van der Waals surface area contributed by atoms with Gasteiger partial charge in [0.2, 0.25) is 0 Å². The Labute approximate surface area is 113 Å². The fraction of sp³-hybridized carbons (Fsp3) is 0.231. The number of rotatable bonds is 3. The molecule has 1 aliphatic rings. The largest absolute Gasteiger partial charge is 0.399 e. The highest BCUT2D eigenvalue weighted by atomic mass is 32.1. The van der Waals surface area contributed by atoms with E-state index in [2.05, 4.69) is 10.3 Å². The second kappa shape index (κ2) is 4.62. The van der Waals surface area contributed by atoms with E-state index in [1.54, 1.807) is 0 Å². The van der Waals surface area contributed by atoms with Crippen molar-refractivity contribution in [3.8, 4) is 0 Å². The third-order valence-corrected chi connectivity index (χ3v) is 3.75. The number of nitrogens with one attached hydrogen (secondary N) is 1. The fourth-order valence-electron chi connectivity index (χ4n) is 1.79. The van der Waals surface area contributed by atoms with Crippen LogP contribution in [0.25, 0.3) is 0 Å². The van der Waals surface area contributed by atoms with Gasteiger partial charge >= 0.3 is 0 Å². The molecule has 19 heavy (non-hydrogen) atoms. The number of halogens is 1. The Kier molecular flexibility index (Phi) is 2.94. The third kappa shape index (κ3) is 2.58. The zero-order valence-electron chi connectivity index (χ0n) is 10.0. The monoisotopic (exact) mass is 277 g/mol. The van der Waals surface area contributed by atoms with Gasteiger partial charge in [-0.15, -0.1) is 11.3 Å². The summed E-state index contributed by atoms with van der Waals surface area (Å²) < 4.78 is 13.6. The Morgan fingerprint density at radius 3 is 2.95 bits per heavy atom. The summed E-state index contributed by atoms with van der Waals surface area (Å²) in [5.74, 6) is -0.596. The van der Waals surface area contributed by atoms with Crippen LogP contribution in [-0.2, 0) is 0 Å². The predicted molar refractivity (Wildman–Crippen MR) is 72.9 cm³/mol. The summed E-state index contributed by atoms with van der Waals surface area (Å²) in [6, 6.07) is 4.00. The summed E-state index contributed by atoms with van der Waals surface area (Å²) in [7, 11) is 0. The van der Waals surface area contributed by atoms with Gasteiger partial charge in [0, 0.05) is 17.0 Å². The van der Waals surface area contributed by atoms with Crippen LogP contribution in [0.15, 0.2) is 23.6 Å². The van der Waals surface area contributed by atoms with Gasteiger partial charge in [0.1, 0.15) is 5.82 Å². The molecule has 1 aliphatic carbocycles. The van der Waals surface area contributed by atoms with Crippen molar-refractivity contribution in [2.24, 2.45) is 0 Å². The van der Waals surface area contributed by atoms with E-state index in [9.17, 15) is 9.18 Å². The summed E-state index contributed by atoms with van der Waals surface area (Å²) in [4.78, 5) is 16.2. The predicted octanol–water partition coefficient (Wildman–Crippen LogP) is 2.99. The van der Waals surface area contributed by atoms with Gasteiger partial charge in [-0.25, -0.2) is 9.37 Å². The summed E-state index contributed by atoms with van der Waals surface area (Å²) in [6.07, 6.45) is 2.31. The molecule has 98 valence electrons. The highest BCUT2D eigenvalue weighted by Gasteiger charge is 2.26. The number of aromatic nitrogens is 1. The molecule has 1 fully saturated rings. The van der Waals surface area contributed by atoms with E-state index >= 15 is 0 Å². The fourth-order valence-corrected chi connectivity index (χ4v) is 2.58. The molecule has 0 radical (unpaired) electrons. The first-order chi connectivity index (χ1) is 9.13. The maximum Gasteiger partial charge on any atom is 0.260 e. The first-order valence-corrected chi connectivity index (χ1v) is 6.83. The molecule has 1 saturated carbocycles. The van der Waals surface area contributed by atoms with E-state index in [-0.39, 0.29) is 5.56 Å². The Balaban J connectivity index is 1.76. The van der Waals surface area contributed by atoms with Crippen molar-refractivity contribution in [1.29, 1.82) is 0 Å². The molecule has 1 amide bonds. The van der Waals surface area contributed by atoms with Crippen molar-refractivity contribution < 1.29 is 9.18 Å². The van der Waals surface area contributed by atoms with Crippen LogP contribution < -0.4 is 11.1 Å². The van der Waals surface area contributed by atoms with Crippen LogP contribution in [0.3, 0.4) is 0 Å². The lowest BCUT2D eigenvalue weighted by Gasteiger charge is -2.03. The number of amides is 1. The second-order valence-electron chi connectivity index (χ2n) is 4.55. The molecule has 3 N–H and O–H groups in total. The summed E-state index contributed by atoms with van der Waals surface area (Å²) >= 11 is 1.36. The van der Waals surface area contributed by atoms with Gasteiger partial charge in [0.15, 0.2) is 5.13 Å². The van der Waals surface area contributed by atoms with Crippen LogP contribution in [0.5, 0.6) is 0 Å². The average molecular weight is 277 g/mol. The van der Waals surface area contributed by atoms with Crippen molar-refractivity contribution >= 4 is 28.1 Å². The van der Waals surface area contributed by atoms with E-state index in [1.807, 2.05) is 5.38 Å². The quantitative estimate of drug-likeness (QED) is 0.847. The van der Waals surface area contributed by atoms with Crippen LogP contribution in [0.2, 0.25) is 0 Å². The molecule has 1 aromatic carbocycles. The third-order valence-electron chi connectivity index (χ3n) is 2.98. The van der Waals surface area contributed by atoms with E-state index < -0.39 is 11.7 Å². The van der Waals surface area contributed by atoms with Crippen LogP contribution in [0.1, 0.15) is 34.8 Å². The van der Waals surface area contributed by atoms with Gasteiger partial charge in [-0.1, -0.05) is 0 Å². The number of nitrogen functional groups attached to an aromatic ring is 1. The second-order valence-corrected chi connectivity index (χ2v) is 5.40. The van der Waals surface area contributed by atoms with Crippen molar-refractivity contribution in [1.82, 2.24) is 4.98 Å². The Bertz CT molecular complexity index is 637. The van der Waals surface area contributed by atoms with Gasteiger partial charge in [0.25, 0.3) is 5.91 Å². The van der Waals surface area contributed by atoms with Crippen molar-refractivity contribution in [2.75, 3.05) is 11.1 Å². The number of benzene rings is 1. The minimum atomic E-state index is -0.628. The van der Waals surface area contributed by atoms with E-state index in [0.717, 1.165) is 24.6 Å². The van der Waals surface area contributed by atoms with Crippen LogP contribution in [0.4, 0.5) is 15.2 Å². The van der Waals surface area contributed by atoms with Crippen molar-refractivity contribution in [3.63, 3.8) is 0 Å². The molecule has 0 unspecified atom stereocenters. The highest BCUT2D eigenvalue weighted by Crippen LogP contribution is 2.40. The number of hydrogen-bond acceptors (Lipinski definition) is 4. The molecule has 1 aromatic heterocycles. The zero-order chi connectivity index (χ0) is 13.4. The maximum absolute atomic E-state index is 13.6. The van der Waals surface area contributed by atoms with E-state index in [1.165, 1.54) is 23.5 Å². The van der Waals surface area contributed by atoms with Crippen LogP contribution in [-0.4, -0.2) is 10.9 Å². The van der Waals surface area contributed by atoms with Crippen LogP contribution >= 0.6 is 11.3 Å². The van der Waals surface area contributed by atoms with Crippen LogP contribution in [0, 0.1) is 5.82 Å². The minimum Gasteiger partial charge on any atom is -0.399 e. The molecule has 0 atom stereocenters. The van der Waals surface area contributed by atoms with Gasteiger partial charge in [-0.3, -0.25) is 10.1 Å². The molecule has 0 aliphatic heterocycles. The van der Waals surface area contributed by atoms with Crippen molar-refractivity contribution in [2.45, 2.75) is 18.8 Å². The molecule has 3 rings (SSSR count). The number of anilines is 2.